The van der Waals surface area contributed by atoms with Gasteiger partial charge in [0.05, 0.1) is 17.6 Å². The van der Waals surface area contributed by atoms with Crippen LogP contribution in [0.2, 0.25) is 0 Å². The second-order valence-corrected chi connectivity index (χ2v) is 5.46. The zero-order chi connectivity index (χ0) is 17.0. The summed E-state index contributed by atoms with van der Waals surface area (Å²) in [6.45, 7) is 1.26. The quantitative estimate of drug-likeness (QED) is 0.919. The maximum atomic E-state index is 12.5. The molecule has 2 N–H and O–H groups in total. The average Bonchev–Trinajstić information content (AvgIpc) is 2.48. The van der Waals surface area contributed by atoms with Gasteiger partial charge in [-0.3, -0.25) is 9.69 Å². The normalized spacial score (nSPS) is 19.1. The smallest absolute Gasteiger partial charge is 0.405 e. The van der Waals surface area contributed by atoms with Crippen LogP contribution in [0.1, 0.15) is 24.0 Å². The minimum Gasteiger partial charge on any atom is -0.405 e. The molecule has 0 aliphatic carbocycles. The van der Waals surface area contributed by atoms with Gasteiger partial charge in [-0.2, -0.15) is 5.26 Å². The number of benzene rings is 1. The van der Waals surface area contributed by atoms with E-state index in [9.17, 15) is 18.0 Å². The van der Waals surface area contributed by atoms with E-state index in [4.69, 9.17) is 11.0 Å². The number of carbonyl (C=O) groups is 1. The Bertz CT molecular complexity index is 625. The van der Waals surface area contributed by atoms with E-state index in [2.05, 4.69) is 4.74 Å². The monoisotopic (exact) mass is 327 g/mol. The van der Waals surface area contributed by atoms with Crippen LogP contribution in [0, 0.1) is 17.2 Å². The predicted octanol–water partition coefficient (Wildman–Crippen LogP) is 2.15. The van der Waals surface area contributed by atoms with E-state index in [0.717, 1.165) is 12.5 Å². The van der Waals surface area contributed by atoms with E-state index < -0.39 is 18.0 Å². The molecule has 1 fully saturated rings. The number of nitrogens with zero attached hydrogens (tertiary/aromatic N) is 2. The van der Waals surface area contributed by atoms with Gasteiger partial charge in [0.25, 0.3) is 0 Å². The molecule has 0 aromatic heterocycles. The molecule has 1 amide bonds. The molecule has 0 spiro atoms. The number of nitrogens with two attached hydrogens (primary N) is 1. The fourth-order valence-electron chi connectivity index (χ4n) is 2.65. The summed E-state index contributed by atoms with van der Waals surface area (Å²) in [7, 11) is 0. The molecule has 5 nitrogen and oxygen atoms in total. The molecule has 1 saturated heterocycles. The van der Waals surface area contributed by atoms with Gasteiger partial charge < -0.3 is 10.5 Å². The largest absolute Gasteiger partial charge is 0.573 e. The molecule has 0 radical (unpaired) electrons. The lowest BCUT2D eigenvalue weighted by Crippen LogP contribution is -2.40. The summed E-state index contributed by atoms with van der Waals surface area (Å²) in [5.41, 5.74) is 5.70. The van der Waals surface area contributed by atoms with Crippen LogP contribution in [0.5, 0.6) is 5.75 Å². The van der Waals surface area contributed by atoms with Crippen LogP contribution >= 0.6 is 0 Å². The zero-order valence-electron chi connectivity index (χ0n) is 12.3. The SMILES string of the molecule is N#Cc1ccc(CN2CCCC(C(N)=O)C2)c(OC(F)(F)F)c1. The van der Waals surface area contributed by atoms with Crippen molar-refractivity contribution in [3.8, 4) is 11.8 Å². The van der Waals surface area contributed by atoms with Crippen molar-refractivity contribution in [3.05, 3.63) is 29.3 Å². The third-order valence-electron chi connectivity index (χ3n) is 3.72. The molecule has 124 valence electrons. The van der Waals surface area contributed by atoms with Crippen molar-refractivity contribution in [3.63, 3.8) is 0 Å². The maximum absolute atomic E-state index is 12.5. The van der Waals surface area contributed by atoms with Crippen molar-refractivity contribution in [2.45, 2.75) is 25.7 Å². The molecule has 2 rings (SSSR count). The summed E-state index contributed by atoms with van der Waals surface area (Å²) in [5, 5.41) is 8.82. The summed E-state index contributed by atoms with van der Waals surface area (Å²) >= 11 is 0. The highest BCUT2D eigenvalue weighted by atomic mass is 19.4. The molecule has 1 atom stereocenters. The first kappa shape index (κ1) is 17.1. The fourth-order valence-corrected chi connectivity index (χ4v) is 2.65. The Morgan fingerprint density at radius 3 is 2.83 bits per heavy atom. The van der Waals surface area contributed by atoms with Gasteiger partial charge in [-0.1, -0.05) is 6.07 Å². The van der Waals surface area contributed by atoms with E-state index >= 15 is 0 Å². The minimum absolute atomic E-state index is 0.0849. The number of alkyl halides is 3. The molecule has 0 bridgehead atoms. The van der Waals surface area contributed by atoms with Crippen molar-refractivity contribution in [1.82, 2.24) is 4.90 Å². The fraction of sp³-hybridized carbons (Fsp3) is 0.467. The number of piperidine rings is 1. The molecular weight excluding hydrogens is 311 g/mol. The highest BCUT2D eigenvalue weighted by molar-refractivity contribution is 5.76. The Kier molecular flexibility index (Phi) is 5.11. The third kappa shape index (κ3) is 4.86. The third-order valence-corrected chi connectivity index (χ3v) is 3.72. The van der Waals surface area contributed by atoms with Crippen LogP contribution in [0.3, 0.4) is 0 Å². The summed E-state index contributed by atoms with van der Waals surface area (Å²) in [6.07, 6.45) is -3.40. The van der Waals surface area contributed by atoms with Gasteiger partial charge in [-0.15, -0.1) is 13.2 Å². The molecule has 1 aliphatic rings. The predicted molar refractivity (Wildman–Crippen MR) is 75.0 cm³/mol. The highest BCUT2D eigenvalue weighted by Gasteiger charge is 2.33. The Balaban J connectivity index is 2.18. The Labute approximate surface area is 131 Å². The van der Waals surface area contributed by atoms with Crippen LogP contribution < -0.4 is 10.5 Å². The number of rotatable bonds is 4. The Morgan fingerprint density at radius 1 is 1.48 bits per heavy atom. The molecule has 1 aliphatic heterocycles. The molecule has 1 heterocycles. The van der Waals surface area contributed by atoms with Crippen LogP contribution in [0.15, 0.2) is 18.2 Å². The number of primary amides is 1. The van der Waals surface area contributed by atoms with E-state index in [1.54, 1.807) is 6.07 Å². The van der Waals surface area contributed by atoms with E-state index in [0.29, 0.717) is 25.1 Å². The van der Waals surface area contributed by atoms with E-state index in [1.807, 2.05) is 4.90 Å². The van der Waals surface area contributed by atoms with Crippen molar-refractivity contribution in [2.75, 3.05) is 13.1 Å². The van der Waals surface area contributed by atoms with Gasteiger partial charge >= 0.3 is 6.36 Å². The Morgan fingerprint density at radius 2 is 2.22 bits per heavy atom. The second-order valence-electron chi connectivity index (χ2n) is 5.46. The minimum atomic E-state index is -4.83. The standard InChI is InChI=1S/C15H16F3N3O2/c16-15(17,18)23-13-6-10(7-19)3-4-11(13)8-21-5-1-2-12(9-21)14(20)22/h3-4,6,12H,1-2,5,8-9H2,(H2,20,22). The lowest BCUT2D eigenvalue weighted by molar-refractivity contribution is -0.275. The molecule has 8 heteroatoms. The van der Waals surface area contributed by atoms with Gasteiger partial charge in [0.15, 0.2) is 0 Å². The number of amides is 1. The highest BCUT2D eigenvalue weighted by Crippen LogP contribution is 2.29. The number of ether oxygens (including phenoxy) is 1. The lowest BCUT2D eigenvalue weighted by Gasteiger charge is -2.31. The van der Waals surface area contributed by atoms with Crippen LogP contribution in [0.25, 0.3) is 0 Å². The molecule has 0 saturated carbocycles. The number of likely N-dealkylation sites (tertiary alicyclic amines) is 1. The number of carbonyl (C=O) groups excluding carboxylic acids is 1. The van der Waals surface area contributed by atoms with Crippen molar-refractivity contribution >= 4 is 5.91 Å². The molecule has 1 aromatic carbocycles. The van der Waals surface area contributed by atoms with Gasteiger partial charge in [0.2, 0.25) is 5.91 Å². The summed E-state index contributed by atoms with van der Waals surface area (Å²) in [6, 6.07) is 5.73. The van der Waals surface area contributed by atoms with Crippen LogP contribution in [-0.4, -0.2) is 30.3 Å². The van der Waals surface area contributed by atoms with E-state index in [1.165, 1.54) is 12.1 Å². The summed E-state index contributed by atoms with van der Waals surface area (Å²) < 4.78 is 41.6. The first-order valence-electron chi connectivity index (χ1n) is 7.09. The number of hydrogen-bond acceptors (Lipinski definition) is 4. The van der Waals surface area contributed by atoms with Gasteiger partial charge in [-0.05, 0) is 31.5 Å². The van der Waals surface area contributed by atoms with Gasteiger partial charge in [-0.25, -0.2) is 0 Å². The van der Waals surface area contributed by atoms with Crippen molar-refractivity contribution < 1.29 is 22.7 Å². The van der Waals surface area contributed by atoms with Crippen molar-refractivity contribution in [1.29, 1.82) is 5.26 Å². The molecule has 1 aromatic rings. The summed E-state index contributed by atoms with van der Waals surface area (Å²) in [4.78, 5) is 13.1. The topological polar surface area (TPSA) is 79.4 Å². The first-order valence-corrected chi connectivity index (χ1v) is 7.09. The number of hydrogen-bond donors (Lipinski definition) is 1. The molecule has 23 heavy (non-hydrogen) atoms. The second kappa shape index (κ2) is 6.87. The number of nitriles is 1. The molecule has 1 unspecified atom stereocenters. The van der Waals surface area contributed by atoms with Crippen molar-refractivity contribution in [2.24, 2.45) is 11.7 Å². The van der Waals surface area contributed by atoms with Gasteiger partial charge in [0.1, 0.15) is 5.75 Å². The first-order chi connectivity index (χ1) is 10.8. The number of halogens is 3. The van der Waals surface area contributed by atoms with E-state index in [-0.39, 0.29) is 18.0 Å². The zero-order valence-corrected chi connectivity index (χ0v) is 12.3. The Hall–Kier alpha value is -2.27. The average molecular weight is 327 g/mol. The van der Waals surface area contributed by atoms with Gasteiger partial charge in [0, 0.05) is 18.7 Å². The summed E-state index contributed by atoms with van der Waals surface area (Å²) in [5.74, 6) is -1.09. The van der Waals surface area contributed by atoms with Crippen LogP contribution in [0.4, 0.5) is 13.2 Å². The van der Waals surface area contributed by atoms with Crippen LogP contribution in [-0.2, 0) is 11.3 Å². The molecular formula is C15H16F3N3O2. The maximum Gasteiger partial charge on any atom is 0.573 e. The lowest BCUT2D eigenvalue weighted by atomic mass is 9.97.